The maximum Gasteiger partial charge on any atom is 0.239 e. The van der Waals surface area contributed by atoms with E-state index in [2.05, 4.69) is 0 Å². The van der Waals surface area contributed by atoms with Crippen LogP contribution in [-0.4, -0.2) is 55.1 Å². The highest BCUT2D eigenvalue weighted by Crippen LogP contribution is 2.08. The van der Waals surface area contributed by atoms with Crippen LogP contribution >= 0.6 is 0 Å². The summed E-state index contributed by atoms with van der Waals surface area (Å²) >= 11 is 0. The molecular weight excluding hydrogens is 159 g/mol. The Labute approximate surface area is 72.1 Å². The van der Waals surface area contributed by atoms with Gasteiger partial charge >= 0.3 is 0 Å². The molecule has 0 radical (unpaired) electrons. The summed E-state index contributed by atoms with van der Waals surface area (Å²) in [6.45, 7) is 3.33. The number of piperazine rings is 1. The highest BCUT2D eigenvalue weighted by atomic mass is 19.1. The van der Waals surface area contributed by atoms with Crippen LogP contribution in [0.4, 0.5) is 4.39 Å². The minimum absolute atomic E-state index is 0.0923. The topological polar surface area (TPSA) is 23.6 Å². The van der Waals surface area contributed by atoms with Gasteiger partial charge in [0.2, 0.25) is 5.91 Å². The average molecular weight is 174 g/mol. The fourth-order valence-corrected chi connectivity index (χ4v) is 1.47. The summed E-state index contributed by atoms with van der Waals surface area (Å²) in [6.07, 6.45) is 0. The minimum atomic E-state index is -0.374. The Hall–Kier alpha value is -0.640. The first-order chi connectivity index (χ1) is 5.66. The second kappa shape index (κ2) is 3.85. The molecule has 70 valence electrons. The van der Waals surface area contributed by atoms with Gasteiger partial charge in [-0.05, 0) is 6.92 Å². The Bertz CT molecular complexity index is 174. The van der Waals surface area contributed by atoms with E-state index in [0.29, 0.717) is 13.1 Å². The Morgan fingerprint density at radius 3 is 2.83 bits per heavy atom. The van der Waals surface area contributed by atoms with E-state index in [-0.39, 0.29) is 18.6 Å². The standard InChI is InChI=1S/C8H15FN2O/c1-7-8(12)10(2)5-6-11(7)4-3-9/h7H,3-6H2,1-2H3. The first kappa shape index (κ1) is 9.45. The second-order valence-electron chi connectivity index (χ2n) is 3.16. The molecule has 1 heterocycles. The van der Waals surface area contributed by atoms with Crippen LogP contribution in [-0.2, 0) is 4.79 Å². The van der Waals surface area contributed by atoms with Crippen LogP contribution in [0.5, 0.6) is 0 Å². The summed E-state index contributed by atoms with van der Waals surface area (Å²) in [7, 11) is 1.78. The molecule has 0 N–H and O–H groups in total. The van der Waals surface area contributed by atoms with Gasteiger partial charge in [-0.3, -0.25) is 9.69 Å². The van der Waals surface area contributed by atoms with E-state index in [1.165, 1.54) is 0 Å². The van der Waals surface area contributed by atoms with E-state index < -0.39 is 0 Å². The van der Waals surface area contributed by atoms with Crippen LogP contribution in [0.2, 0.25) is 0 Å². The predicted octanol–water partition coefficient (Wildman–Crippen LogP) is 0.118. The van der Waals surface area contributed by atoms with Crippen LogP contribution in [0.15, 0.2) is 0 Å². The van der Waals surface area contributed by atoms with Crippen molar-refractivity contribution < 1.29 is 9.18 Å². The lowest BCUT2D eigenvalue weighted by Crippen LogP contribution is -2.54. The SMILES string of the molecule is CC1C(=O)N(C)CCN1CCF. The Kier molecular flexibility index (Phi) is 3.03. The van der Waals surface area contributed by atoms with Crippen LogP contribution in [0.3, 0.4) is 0 Å². The molecule has 0 aromatic carbocycles. The van der Waals surface area contributed by atoms with Crippen molar-refractivity contribution in [2.24, 2.45) is 0 Å². The smallest absolute Gasteiger partial charge is 0.239 e. The number of hydrogen-bond acceptors (Lipinski definition) is 2. The third kappa shape index (κ3) is 1.75. The van der Waals surface area contributed by atoms with Crippen molar-refractivity contribution in [2.75, 3.05) is 33.4 Å². The molecule has 1 aliphatic heterocycles. The molecule has 1 atom stereocenters. The summed E-state index contributed by atoms with van der Waals surface area (Å²) in [5.41, 5.74) is 0. The van der Waals surface area contributed by atoms with Crippen molar-refractivity contribution in [3.05, 3.63) is 0 Å². The lowest BCUT2D eigenvalue weighted by atomic mass is 10.2. The van der Waals surface area contributed by atoms with Crippen LogP contribution < -0.4 is 0 Å². The minimum Gasteiger partial charge on any atom is -0.343 e. The summed E-state index contributed by atoms with van der Waals surface area (Å²) in [6, 6.07) is -0.153. The first-order valence-corrected chi connectivity index (χ1v) is 4.22. The fraction of sp³-hybridized carbons (Fsp3) is 0.875. The molecule has 0 aromatic rings. The maximum atomic E-state index is 12.0. The zero-order chi connectivity index (χ0) is 9.14. The fourth-order valence-electron chi connectivity index (χ4n) is 1.47. The van der Waals surface area contributed by atoms with Crippen molar-refractivity contribution in [1.29, 1.82) is 0 Å². The molecule has 1 fully saturated rings. The van der Waals surface area contributed by atoms with Gasteiger partial charge in [-0.25, -0.2) is 4.39 Å². The number of hydrogen-bond donors (Lipinski definition) is 0. The van der Waals surface area contributed by atoms with E-state index in [9.17, 15) is 9.18 Å². The molecular formula is C8H15FN2O. The predicted molar refractivity (Wildman–Crippen MR) is 44.6 cm³/mol. The zero-order valence-electron chi connectivity index (χ0n) is 7.59. The van der Waals surface area contributed by atoms with Gasteiger partial charge in [-0.15, -0.1) is 0 Å². The van der Waals surface area contributed by atoms with Crippen LogP contribution in [0.25, 0.3) is 0 Å². The Morgan fingerprint density at radius 2 is 2.25 bits per heavy atom. The van der Waals surface area contributed by atoms with Gasteiger partial charge in [0.25, 0.3) is 0 Å². The summed E-state index contributed by atoms with van der Waals surface area (Å²) in [4.78, 5) is 14.9. The molecule has 3 nitrogen and oxygen atoms in total. The summed E-state index contributed by atoms with van der Waals surface area (Å²) < 4.78 is 12.0. The third-order valence-corrected chi connectivity index (χ3v) is 2.38. The maximum absolute atomic E-state index is 12.0. The summed E-state index contributed by atoms with van der Waals surface area (Å²) in [5, 5.41) is 0. The van der Waals surface area contributed by atoms with Gasteiger partial charge in [-0.1, -0.05) is 0 Å². The lowest BCUT2D eigenvalue weighted by Gasteiger charge is -2.36. The largest absolute Gasteiger partial charge is 0.343 e. The summed E-state index contributed by atoms with van der Waals surface area (Å²) in [5.74, 6) is 0.0923. The van der Waals surface area contributed by atoms with E-state index in [4.69, 9.17) is 0 Å². The number of carbonyl (C=O) groups is 1. The number of likely N-dealkylation sites (N-methyl/N-ethyl adjacent to an activating group) is 1. The highest BCUT2D eigenvalue weighted by Gasteiger charge is 2.28. The van der Waals surface area contributed by atoms with Crippen LogP contribution in [0, 0.1) is 0 Å². The lowest BCUT2D eigenvalue weighted by molar-refractivity contribution is -0.139. The van der Waals surface area contributed by atoms with Crippen molar-refractivity contribution in [2.45, 2.75) is 13.0 Å². The molecule has 1 rings (SSSR count). The molecule has 1 amide bonds. The first-order valence-electron chi connectivity index (χ1n) is 4.22. The van der Waals surface area contributed by atoms with Crippen molar-refractivity contribution >= 4 is 5.91 Å². The van der Waals surface area contributed by atoms with Crippen molar-refractivity contribution in [3.8, 4) is 0 Å². The third-order valence-electron chi connectivity index (χ3n) is 2.38. The second-order valence-corrected chi connectivity index (χ2v) is 3.16. The van der Waals surface area contributed by atoms with Gasteiger partial charge in [0.15, 0.2) is 0 Å². The molecule has 0 saturated carbocycles. The van der Waals surface area contributed by atoms with Gasteiger partial charge in [0, 0.05) is 26.7 Å². The van der Waals surface area contributed by atoms with E-state index in [0.717, 1.165) is 6.54 Å². The molecule has 0 aliphatic carbocycles. The molecule has 0 spiro atoms. The van der Waals surface area contributed by atoms with Gasteiger partial charge in [0.05, 0.1) is 6.04 Å². The molecule has 1 saturated heterocycles. The molecule has 0 aromatic heterocycles. The van der Waals surface area contributed by atoms with Crippen molar-refractivity contribution in [3.63, 3.8) is 0 Å². The highest BCUT2D eigenvalue weighted by molar-refractivity contribution is 5.81. The molecule has 4 heteroatoms. The number of amides is 1. The van der Waals surface area contributed by atoms with Crippen molar-refractivity contribution in [1.82, 2.24) is 9.80 Å². The van der Waals surface area contributed by atoms with Crippen LogP contribution in [0.1, 0.15) is 6.92 Å². The van der Waals surface area contributed by atoms with Gasteiger partial charge in [0.1, 0.15) is 6.67 Å². The van der Waals surface area contributed by atoms with E-state index in [1.54, 1.807) is 11.9 Å². The number of alkyl halides is 1. The average Bonchev–Trinajstić information content (AvgIpc) is 2.07. The molecule has 1 unspecified atom stereocenters. The number of rotatable bonds is 2. The normalized spacial score (nSPS) is 26.4. The number of nitrogens with zero attached hydrogens (tertiary/aromatic N) is 2. The number of carbonyl (C=O) groups excluding carboxylic acids is 1. The van der Waals surface area contributed by atoms with Gasteiger partial charge < -0.3 is 4.90 Å². The van der Waals surface area contributed by atoms with E-state index >= 15 is 0 Å². The molecule has 1 aliphatic rings. The monoisotopic (exact) mass is 174 g/mol. The Morgan fingerprint density at radius 1 is 1.58 bits per heavy atom. The molecule has 12 heavy (non-hydrogen) atoms. The van der Waals surface area contributed by atoms with Gasteiger partial charge in [-0.2, -0.15) is 0 Å². The Balaban J connectivity index is 2.52. The quantitative estimate of drug-likeness (QED) is 0.593. The number of halogens is 1. The zero-order valence-corrected chi connectivity index (χ0v) is 7.59. The van der Waals surface area contributed by atoms with E-state index in [1.807, 2.05) is 11.8 Å². The molecule has 0 bridgehead atoms.